The van der Waals surface area contributed by atoms with Crippen molar-refractivity contribution in [3.8, 4) is 0 Å². The second-order valence-electron chi connectivity index (χ2n) is 1.53. The number of halogens is 2. The smallest absolute Gasteiger partial charge is 0.196 e. The SMILES string of the molecule is O=C(C(Cl)Cl)C1CO1. The summed E-state index contributed by atoms with van der Waals surface area (Å²) < 4.78 is 4.61. The molecule has 0 saturated carbocycles. The fourth-order valence-electron chi connectivity index (χ4n) is 0.353. The summed E-state index contributed by atoms with van der Waals surface area (Å²) >= 11 is 10.4. The van der Waals surface area contributed by atoms with Crippen LogP contribution in [0.2, 0.25) is 0 Å². The second kappa shape index (κ2) is 2.21. The molecular weight excluding hydrogens is 151 g/mol. The van der Waals surface area contributed by atoms with Crippen molar-refractivity contribution < 1.29 is 9.53 Å². The number of carbonyl (C=O) groups excluding carboxylic acids is 1. The number of hydrogen-bond acceptors (Lipinski definition) is 2. The highest BCUT2D eigenvalue weighted by Gasteiger charge is 2.34. The molecular formula is C4H4Cl2O2. The van der Waals surface area contributed by atoms with Crippen molar-refractivity contribution in [1.29, 1.82) is 0 Å². The van der Waals surface area contributed by atoms with Gasteiger partial charge in [-0.1, -0.05) is 23.2 Å². The van der Waals surface area contributed by atoms with E-state index < -0.39 is 4.84 Å². The van der Waals surface area contributed by atoms with Gasteiger partial charge >= 0.3 is 0 Å². The minimum absolute atomic E-state index is 0.228. The Hall–Kier alpha value is 0.210. The Morgan fingerprint density at radius 3 is 2.38 bits per heavy atom. The molecule has 0 aliphatic carbocycles. The summed E-state index contributed by atoms with van der Waals surface area (Å²) in [5.74, 6) is -0.228. The topological polar surface area (TPSA) is 29.6 Å². The molecule has 0 bridgehead atoms. The Morgan fingerprint density at radius 2 is 2.25 bits per heavy atom. The zero-order valence-electron chi connectivity index (χ0n) is 3.93. The van der Waals surface area contributed by atoms with Crippen molar-refractivity contribution in [3.05, 3.63) is 0 Å². The third-order valence-electron chi connectivity index (χ3n) is 0.866. The number of alkyl halides is 2. The summed E-state index contributed by atoms with van der Waals surface area (Å²) in [5, 5.41) is 0. The first-order valence-electron chi connectivity index (χ1n) is 2.15. The van der Waals surface area contributed by atoms with Crippen LogP contribution in [0.25, 0.3) is 0 Å². The highest BCUT2D eigenvalue weighted by atomic mass is 35.5. The van der Waals surface area contributed by atoms with E-state index in [1.165, 1.54) is 0 Å². The van der Waals surface area contributed by atoms with E-state index in [4.69, 9.17) is 23.2 Å². The first-order chi connectivity index (χ1) is 3.72. The summed E-state index contributed by atoms with van der Waals surface area (Å²) in [6, 6.07) is 0. The van der Waals surface area contributed by atoms with Crippen LogP contribution in [0.15, 0.2) is 0 Å². The molecule has 0 amide bonds. The molecule has 4 heteroatoms. The lowest BCUT2D eigenvalue weighted by Gasteiger charge is -1.91. The van der Waals surface area contributed by atoms with Crippen molar-refractivity contribution in [2.45, 2.75) is 10.9 Å². The molecule has 0 aromatic rings. The molecule has 1 aliphatic heterocycles. The van der Waals surface area contributed by atoms with E-state index in [0.717, 1.165) is 0 Å². The Balaban J connectivity index is 2.33. The average molecular weight is 155 g/mol. The number of rotatable bonds is 2. The van der Waals surface area contributed by atoms with E-state index in [1.54, 1.807) is 0 Å². The van der Waals surface area contributed by atoms with Crippen LogP contribution in [0.5, 0.6) is 0 Å². The predicted octanol–water partition coefficient (Wildman–Crippen LogP) is 0.758. The number of Topliss-reactive ketones (excluding diaryl/α,β-unsaturated/α-hetero) is 1. The standard InChI is InChI=1S/C4H4Cl2O2/c5-4(6)3(7)2-1-8-2/h2,4H,1H2. The Bertz CT molecular complexity index is 105. The fraction of sp³-hybridized carbons (Fsp3) is 0.750. The van der Waals surface area contributed by atoms with Crippen LogP contribution in [0, 0.1) is 0 Å². The summed E-state index contributed by atoms with van der Waals surface area (Å²) in [5.41, 5.74) is 0. The maximum Gasteiger partial charge on any atom is 0.196 e. The summed E-state index contributed by atoms with van der Waals surface area (Å²) in [6.45, 7) is 0.481. The van der Waals surface area contributed by atoms with Crippen LogP contribution in [-0.4, -0.2) is 23.3 Å². The minimum Gasteiger partial charge on any atom is -0.365 e. The number of hydrogen-bond donors (Lipinski definition) is 0. The molecule has 1 saturated heterocycles. The van der Waals surface area contributed by atoms with Gasteiger partial charge < -0.3 is 4.74 Å². The Labute approximate surface area is 56.7 Å². The minimum atomic E-state index is -0.914. The van der Waals surface area contributed by atoms with Crippen molar-refractivity contribution in [3.63, 3.8) is 0 Å². The van der Waals surface area contributed by atoms with Gasteiger partial charge in [-0.3, -0.25) is 4.79 Å². The monoisotopic (exact) mass is 154 g/mol. The summed E-state index contributed by atoms with van der Waals surface area (Å²) in [4.78, 5) is 9.60. The van der Waals surface area contributed by atoms with Crippen LogP contribution in [-0.2, 0) is 9.53 Å². The van der Waals surface area contributed by atoms with Gasteiger partial charge in [0.05, 0.1) is 6.61 Å². The molecule has 0 aromatic heterocycles. The number of carbonyl (C=O) groups is 1. The first kappa shape index (κ1) is 6.33. The number of ketones is 1. The van der Waals surface area contributed by atoms with Crippen molar-refractivity contribution in [1.82, 2.24) is 0 Å². The Morgan fingerprint density at radius 1 is 1.75 bits per heavy atom. The largest absolute Gasteiger partial charge is 0.365 e. The third-order valence-corrected chi connectivity index (χ3v) is 1.30. The summed E-state index contributed by atoms with van der Waals surface area (Å²) in [7, 11) is 0. The van der Waals surface area contributed by atoms with Gasteiger partial charge in [0.1, 0.15) is 6.10 Å². The zero-order chi connectivity index (χ0) is 6.15. The van der Waals surface area contributed by atoms with E-state index in [0.29, 0.717) is 6.61 Å². The van der Waals surface area contributed by atoms with E-state index >= 15 is 0 Å². The van der Waals surface area contributed by atoms with Crippen LogP contribution in [0.4, 0.5) is 0 Å². The molecule has 1 fully saturated rings. The number of ether oxygens (including phenoxy) is 1. The van der Waals surface area contributed by atoms with Crippen molar-refractivity contribution in [2.75, 3.05) is 6.61 Å². The predicted molar refractivity (Wildman–Crippen MR) is 30.2 cm³/mol. The quantitative estimate of drug-likeness (QED) is 0.435. The van der Waals surface area contributed by atoms with Gasteiger partial charge in [0, 0.05) is 0 Å². The second-order valence-corrected chi connectivity index (χ2v) is 2.62. The maximum absolute atomic E-state index is 10.5. The lowest BCUT2D eigenvalue weighted by molar-refractivity contribution is -0.118. The van der Waals surface area contributed by atoms with Gasteiger partial charge in [0.2, 0.25) is 0 Å². The molecule has 0 aromatic carbocycles. The average Bonchev–Trinajstić information content (AvgIpc) is 2.43. The molecule has 0 N–H and O–H groups in total. The summed E-state index contributed by atoms with van der Waals surface area (Å²) in [6.07, 6.45) is -0.310. The van der Waals surface area contributed by atoms with Crippen LogP contribution < -0.4 is 0 Å². The van der Waals surface area contributed by atoms with Gasteiger partial charge in [0.15, 0.2) is 10.6 Å². The molecule has 0 radical (unpaired) electrons. The van der Waals surface area contributed by atoms with E-state index in [-0.39, 0.29) is 11.9 Å². The molecule has 0 spiro atoms. The molecule has 1 aliphatic rings. The lowest BCUT2D eigenvalue weighted by atomic mass is 10.3. The molecule has 1 unspecified atom stereocenters. The van der Waals surface area contributed by atoms with Gasteiger partial charge in [-0.05, 0) is 0 Å². The highest BCUT2D eigenvalue weighted by molar-refractivity contribution is 6.54. The molecule has 1 atom stereocenters. The lowest BCUT2D eigenvalue weighted by Crippen LogP contribution is -2.14. The van der Waals surface area contributed by atoms with Gasteiger partial charge in [0.25, 0.3) is 0 Å². The van der Waals surface area contributed by atoms with Crippen molar-refractivity contribution in [2.24, 2.45) is 0 Å². The normalized spacial score (nSPS) is 26.1. The van der Waals surface area contributed by atoms with E-state index in [2.05, 4.69) is 4.74 Å². The van der Waals surface area contributed by atoms with Crippen molar-refractivity contribution >= 4 is 29.0 Å². The van der Waals surface area contributed by atoms with Crippen LogP contribution >= 0.6 is 23.2 Å². The first-order valence-corrected chi connectivity index (χ1v) is 3.02. The zero-order valence-corrected chi connectivity index (χ0v) is 5.45. The van der Waals surface area contributed by atoms with E-state index in [1.807, 2.05) is 0 Å². The maximum atomic E-state index is 10.5. The molecule has 1 rings (SSSR count). The van der Waals surface area contributed by atoms with Crippen LogP contribution in [0.1, 0.15) is 0 Å². The van der Waals surface area contributed by atoms with E-state index in [9.17, 15) is 4.79 Å². The third kappa shape index (κ3) is 1.34. The fourth-order valence-corrected chi connectivity index (χ4v) is 0.634. The molecule has 1 heterocycles. The molecule has 8 heavy (non-hydrogen) atoms. The molecule has 46 valence electrons. The Kier molecular flexibility index (Phi) is 1.75. The highest BCUT2D eigenvalue weighted by Crippen LogP contribution is 2.16. The van der Waals surface area contributed by atoms with Gasteiger partial charge in [-0.2, -0.15) is 0 Å². The molecule has 2 nitrogen and oxygen atoms in total. The number of epoxide rings is 1. The van der Waals surface area contributed by atoms with Crippen LogP contribution in [0.3, 0.4) is 0 Å². The van der Waals surface area contributed by atoms with Gasteiger partial charge in [-0.25, -0.2) is 0 Å². The van der Waals surface area contributed by atoms with Gasteiger partial charge in [-0.15, -0.1) is 0 Å².